The minimum Gasteiger partial charge on any atom is -0.493 e. The molecule has 11 heteroatoms. The molecule has 0 spiro atoms. The van der Waals surface area contributed by atoms with Crippen molar-refractivity contribution in [2.24, 2.45) is 23.5 Å². The second-order valence-corrected chi connectivity index (χ2v) is 12.8. The fraction of sp³-hybridized carbons (Fsp3) is 0.500. The number of methoxy groups -OCH3 is 1. The molecule has 5 N–H and O–H groups in total. The number of aromatic nitrogens is 1. The van der Waals surface area contributed by atoms with Gasteiger partial charge in [0.15, 0.2) is 0 Å². The van der Waals surface area contributed by atoms with Crippen LogP contribution in [0.25, 0.3) is 11.1 Å². The van der Waals surface area contributed by atoms with Gasteiger partial charge in [0.05, 0.1) is 32.0 Å². The first-order chi connectivity index (χ1) is 23.5. The molecule has 5 unspecified atom stereocenters. The van der Waals surface area contributed by atoms with Crippen LogP contribution in [0.4, 0.5) is 4.39 Å². The van der Waals surface area contributed by atoms with Crippen LogP contribution >= 0.6 is 0 Å². The Hall–Kier alpha value is -3.90. The highest BCUT2D eigenvalue weighted by Crippen LogP contribution is 2.31. The molecule has 1 aromatic heterocycles. The topological polar surface area (TPSA) is 145 Å². The summed E-state index contributed by atoms with van der Waals surface area (Å²) < 4.78 is 30.4. The summed E-state index contributed by atoms with van der Waals surface area (Å²) in [4.78, 5) is 30.8. The second-order valence-electron chi connectivity index (χ2n) is 12.8. The molecule has 49 heavy (non-hydrogen) atoms. The van der Waals surface area contributed by atoms with Crippen molar-refractivity contribution in [3.63, 3.8) is 0 Å². The van der Waals surface area contributed by atoms with Crippen LogP contribution in [-0.4, -0.2) is 67.0 Å². The van der Waals surface area contributed by atoms with Gasteiger partial charge in [-0.25, -0.2) is 4.39 Å². The first-order valence-corrected chi connectivity index (χ1v) is 17.0. The number of ether oxygens (including phenoxy) is 3. The van der Waals surface area contributed by atoms with Crippen molar-refractivity contribution in [2.75, 3.05) is 26.9 Å². The molecule has 0 radical (unpaired) electrons. The molecule has 10 nitrogen and oxygen atoms in total. The molecule has 0 bridgehead atoms. The van der Waals surface area contributed by atoms with Crippen molar-refractivity contribution >= 4 is 11.8 Å². The lowest BCUT2D eigenvalue weighted by molar-refractivity contribution is -0.134. The predicted molar refractivity (Wildman–Crippen MR) is 188 cm³/mol. The van der Waals surface area contributed by atoms with E-state index in [1.165, 1.54) is 12.1 Å². The molecule has 0 fully saturated rings. The molecule has 0 aliphatic carbocycles. The third kappa shape index (κ3) is 12.8. The minimum atomic E-state index is -1.01. The Bertz CT molecular complexity index is 1430. The molecule has 268 valence electrons. The van der Waals surface area contributed by atoms with Crippen LogP contribution in [-0.2, 0) is 32.2 Å². The first-order valence-electron chi connectivity index (χ1n) is 17.0. The van der Waals surface area contributed by atoms with E-state index in [0.29, 0.717) is 19.6 Å². The Balaban J connectivity index is 1.57. The van der Waals surface area contributed by atoms with E-state index >= 15 is 0 Å². The fourth-order valence-corrected chi connectivity index (χ4v) is 5.34. The molecule has 1 heterocycles. The van der Waals surface area contributed by atoms with Crippen LogP contribution < -0.4 is 21.1 Å². The Labute approximate surface area is 289 Å². The number of carbonyl (C=O) groups is 2. The van der Waals surface area contributed by atoms with E-state index < -0.39 is 24.1 Å². The van der Waals surface area contributed by atoms with Gasteiger partial charge in [-0.2, -0.15) is 0 Å². The van der Waals surface area contributed by atoms with Gasteiger partial charge in [-0.05, 0) is 65.3 Å². The quantitative estimate of drug-likeness (QED) is 0.115. The molecular formula is C38H53FN4O6. The molecule has 3 rings (SSSR count). The number of halogens is 1. The standard InChI is InChI=1S/C38H53FN4O6/c1-6-26(4)36(38(46)42-22-27-8-11-30(39)12-9-27)43-37(45)32(25(2)3)21-34(44)33(40)24-48-23-28-10-13-31(29-14-16-41-17-15-29)35(20-28)49-19-7-18-47-5/h8-17,20,25-26,32-34,36,44H,6-7,18-19,21-24,40H2,1-5H3,(H,42,46)(H,43,45). The van der Waals surface area contributed by atoms with Crippen molar-refractivity contribution in [3.05, 3.63) is 83.9 Å². The lowest BCUT2D eigenvalue weighted by Crippen LogP contribution is -2.52. The van der Waals surface area contributed by atoms with Gasteiger partial charge in [0.25, 0.3) is 0 Å². The van der Waals surface area contributed by atoms with Gasteiger partial charge in [-0.3, -0.25) is 14.6 Å². The van der Waals surface area contributed by atoms with Gasteiger partial charge in [0, 0.05) is 50.6 Å². The number of carbonyl (C=O) groups excluding carboxylic acids is 2. The van der Waals surface area contributed by atoms with E-state index in [1.54, 1.807) is 31.6 Å². The normalized spacial score (nSPS) is 14.5. The number of pyridine rings is 1. The Kier molecular flexibility index (Phi) is 16.6. The van der Waals surface area contributed by atoms with E-state index in [1.807, 2.05) is 58.0 Å². The highest BCUT2D eigenvalue weighted by atomic mass is 19.1. The third-order valence-electron chi connectivity index (χ3n) is 8.67. The van der Waals surface area contributed by atoms with Crippen molar-refractivity contribution in [1.29, 1.82) is 0 Å². The summed E-state index contributed by atoms with van der Waals surface area (Å²) in [5, 5.41) is 16.8. The molecule has 5 atom stereocenters. The number of aliphatic hydroxyl groups excluding tert-OH is 1. The smallest absolute Gasteiger partial charge is 0.243 e. The van der Waals surface area contributed by atoms with Crippen LogP contribution in [0.5, 0.6) is 5.75 Å². The summed E-state index contributed by atoms with van der Waals surface area (Å²) in [5.41, 5.74) is 9.90. The van der Waals surface area contributed by atoms with Crippen molar-refractivity contribution in [2.45, 2.75) is 78.3 Å². The Morgan fingerprint density at radius 3 is 2.33 bits per heavy atom. The predicted octanol–water partition coefficient (Wildman–Crippen LogP) is 5.02. The van der Waals surface area contributed by atoms with Gasteiger partial charge in [-0.15, -0.1) is 0 Å². The molecule has 0 saturated heterocycles. The first kappa shape index (κ1) is 39.5. The second kappa shape index (κ2) is 20.6. The van der Waals surface area contributed by atoms with Gasteiger partial charge in [-0.1, -0.05) is 58.4 Å². The number of benzene rings is 2. The van der Waals surface area contributed by atoms with E-state index in [-0.39, 0.29) is 55.6 Å². The van der Waals surface area contributed by atoms with Crippen LogP contribution in [0, 0.1) is 23.6 Å². The lowest BCUT2D eigenvalue weighted by atomic mass is 9.86. The Morgan fingerprint density at radius 2 is 1.67 bits per heavy atom. The fourth-order valence-electron chi connectivity index (χ4n) is 5.34. The number of rotatable bonds is 21. The number of amides is 2. The summed E-state index contributed by atoms with van der Waals surface area (Å²) in [6.07, 6.45) is 3.98. The lowest BCUT2D eigenvalue weighted by Gasteiger charge is -2.29. The van der Waals surface area contributed by atoms with Gasteiger partial charge >= 0.3 is 0 Å². The zero-order valence-electron chi connectivity index (χ0n) is 29.4. The average molecular weight is 681 g/mol. The molecule has 3 aromatic rings. The number of nitrogens with one attached hydrogen (secondary N) is 2. The maximum absolute atomic E-state index is 13.5. The van der Waals surface area contributed by atoms with Crippen LogP contribution in [0.3, 0.4) is 0 Å². The maximum Gasteiger partial charge on any atom is 0.243 e. The zero-order chi connectivity index (χ0) is 35.8. The SMILES string of the molecule is CCC(C)C(NC(=O)C(CC(O)C(N)COCc1ccc(-c2ccncc2)c(OCCCOC)c1)C(C)C)C(=O)NCc1ccc(F)cc1. The van der Waals surface area contributed by atoms with Crippen LogP contribution in [0.15, 0.2) is 67.0 Å². The van der Waals surface area contributed by atoms with Crippen LogP contribution in [0.2, 0.25) is 0 Å². The molecule has 0 aliphatic rings. The van der Waals surface area contributed by atoms with Gasteiger partial charge in [0.1, 0.15) is 17.6 Å². The van der Waals surface area contributed by atoms with E-state index in [0.717, 1.165) is 34.4 Å². The van der Waals surface area contributed by atoms with Crippen LogP contribution in [0.1, 0.15) is 58.1 Å². The maximum atomic E-state index is 13.5. The van der Waals surface area contributed by atoms with Crippen molar-refractivity contribution in [1.82, 2.24) is 15.6 Å². The summed E-state index contributed by atoms with van der Waals surface area (Å²) in [6.45, 7) is 9.28. The Morgan fingerprint density at radius 1 is 0.980 bits per heavy atom. The largest absolute Gasteiger partial charge is 0.493 e. The average Bonchev–Trinajstić information content (AvgIpc) is 3.10. The number of nitrogens with two attached hydrogens (primary N) is 1. The summed E-state index contributed by atoms with van der Waals surface area (Å²) >= 11 is 0. The van der Waals surface area contributed by atoms with Gasteiger partial charge in [0.2, 0.25) is 11.8 Å². The minimum absolute atomic E-state index is 0.0744. The molecule has 0 aliphatic heterocycles. The van der Waals surface area contributed by atoms with E-state index in [2.05, 4.69) is 15.6 Å². The number of aliphatic hydroxyl groups is 1. The molecule has 2 aromatic carbocycles. The highest BCUT2D eigenvalue weighted by Gasteiger charge is 2.32. The van der Waals surface area contributed by atoms with E-state index in [9.17, 15) is 19.1 Å². The highest BCUT2D eigenvalue weighted by molar-refractivity contribution is 5.88. The molecule has 2 amide bonds. The summed E-state index contributed by atoms with van der Waals surface area (Å²) in [7, 11) is 1.66. The third-order valence-corrected chi connectivity index (χ3v) is 8.67. The number of hydrogen-bond acceptors (Lipinski definition) is 8. The molecular weight excluding hydrogens is 627 g/mol. The number of nitrogens with zero attached hydrogens (tertiary/aromatic N) is 1. The number of hydrogen-bond donors (Lipinski definition) is 4. The summed E-state index contributed by atoms with van der Waals surface area (Å²) in [5.74, 6) is -1.12. The van der Waals surface area contributed by atoms with Crippen molar-refractivity contribution in [3.8, 4) is 16.9 Å². The van der Waals surface area contributed by atoms with Crippen molar-refractivity contribution < 1.29 is 33.3 Å². The van der Waals surface area contributed by atoms with E-state index in [4.69, 9.17) is 19.9 Å². The summed E-state index contributed by atoms with van der Waals surface area (Å²) in [6, 6.07) is 14.1. The van der Waals surface area contributed by atoms with Gasteiger partial charge < -0.3 is 35.7 Å². The molecule has 0 saturated carbocycles. The zero-order valence-corrected chi connectivity index (χ0v) is 29.4. The monoisotopic (exact) mass is 680 g/mol.